The molecule has 1 aromatic carbocycles. The summed E-state index contributed by atoms with van der Waals surface area (Å²) in [4.78, 5) is 19.7. The molecule has 0 saturated heterocycles. The van der Waals surface area contributed by atoms with Gasteiger partial charge in [-0.25, -0.2) is 9.97 Å². The van der Waals surface area contributed by atoms with Crippen molar-refractivity contribution in [2.45, 2.75) is 37.8 Å². The first-order chi connectivity index (χ1) is 9.65. The van der Waals surface area contributed by atoms with Gasteiger partial charge in [0.15, 0.2) is 5.16 Å². The van der Waals surface area contributed by atoms with E-state index in [9.17, 15) is 4.79 Å². The van der Waals surface area contributed by atoms with Gasteiger partial charge in [0.1, 0.15) is 0 Å². The first-order valence-corrected chi connectivity index (χ1v) is 7.77. The fourth-order valence-corrected chi connectivity index (χ4v) is 3.35. The molecule has 1 aliphatic rings. The van der Waals surface area contributed by atoms with Crippen LogP contribution in [0.1, 0.15) is 29.7 Å². The Morgan fingerprint density at radius 2 is 2.10 bits per heavy atom. The predicted octanol–water partition coefficient (Wildman–Crippen LogP) is 2.99. The molecular weight excluding hydrogens is 272 g/mol. The Balaban J connectivity index is 2.10. The summed E-state index contributed by atoms with van der Waals surface area (Å²) in [5.74, 6) is -0.841. The molecule has 1 N–H and O–H groups in total. The van der Waals surface area contributed by atoms with Crippen molar-refractivity contribution in [1.29, 1.82) is 0 Å². The zero-order chi connectivity index (χ0) is 14.1. The number of hydrogen-bond donors (Lipinski definition) is 1. The van der Waals surface area contributed by atoms with Gasteiger partial charge in [-0.05, 0) is 43.7 Å². The summed E-state index contributed by atoms with van der Waals surface area (Å²) in [6, 6.07) is 4.29. The fourth-order valence-electron chi connectivity index (χ4n) is 2.74. The number of hydrogen-bond acceptors (Lipinski definition) is 4. The van der Waals surface area contributed by atoms with Crippen LogP contribution in [0.5, 0.6) is 0 Å². The minimum absolute atomic E-state index is 0.0000291. The minimum Gasteiger partial charge on any atom is -0.481 e. The number of carboxylic acids is 1. The van der Waals surface area contributed by atoms with Gasteiger partial charge in [-0.2, -0.15) is 0 Å². The molecule has 0 saturated carbocycles. The summed E-state index contributed by atoms with van der Waals surface area (Å²) in [6.07, 6.45) is 4.62. The standard InChI is InChI=1S/C15H16N2O2S/c1-9-11-7-6-10-4-2-3-5-12(10)14(11)17-15(16-9)20-8-13(18)19/h6-7H,2-5,8H2,1H3,(H,18,19). The SMILES string of the molecule is Cc1nc(SCC(=O)O)nc2c3c(ccc12)CCCC3. The highest BCUT2D eigenvalue weighted by Crippen LogP contribution is 2.30. The van der Waals surface area contributed by atoms with E-state index in [2.05, 4.69) is 22.1 Å². The van der Waals surface area contributed by atoms with Crippen LogP contribution >= 0.6 is 11.8 Å². The molecule has 0 radical (unpaired) electrons. The van der Waals surface area contributed by atoms with Crippen molar-refractivity contribution in [2.75, 3.05) is 5.75 Å². The normalized spacial score (nSPS) is 14.2. The average molecular weight is 288 g/mol. The number of fused-ring (bicyclic) bond motifs is 3. The Kier molecular flexibility index (Phi) is 3.61. The summed E-state index contributed by atoms with van der Waals surface area (Å²) >= 11 is 1.19. The molecule has 0 fully saturated rings. The molecular formula is C15H16N2O2S. The lowest BCUT2D eigenvalue weighted by Gasteiger charge is -2.18. The van der Waals surface area contributed by atoms with E-state index >= 15 is 0 Å². The van der Waals surface area contributed by atoms with Crippen LogP contribution in [0.3, 0.4) is 0 Å². The third-order valence-corrected chi connectivity index (χ3v) is 4.52. The molecule has 0 bridgehead atoms. The van der Waals surface area contributed by atoms with Crippen LogP contribution in [-0.4, -0.2) is 26.8 Å². The molecule has 1 aromatic heterocycles. The van der Waals surface area contributed by atoms with Crippen molar-refractivity contribution >= 4 is 28.6 Å². The molecule has 20 heavy (non-hydrogen) atoms. The van der Waals surface area contributed by atoms with Crippen LogP contribution in [-0.2, 0) is 17.6 Å². The second-order valence-corrected chi connectivity index (χ2v) is 6.02. The van der Waals surface area contributed by atoms with Gasteiger partial charge in [0.05, 0.1) is 11.3 Å². The monoisotopic (exact) mass is 288 g/mol. The van der Waals surface area contributed by atoms with E-state index in [1.165, 1.54) is 35.7 Å². The molecule has 0 atom stereocenters. The summed E-state index contributed by atoms with van der Waals surface area (Å²) in [6.45, 7) is 1.96. The molecule has 0 spiro atoms. The van der Waals surface area contributed by atoms with Crippen LogP contribution in [0.4, 0.5) is 0 Å². The number of aliphatic carboxylic acids is 1. The first kappa shape index (κ1) is 13.4. The lowest BCUT2D eigenvalue weighted by Crippen LogP contribution is -2.06. The average Bonchev–Trinajstić information content (AvgIpc) is 2.45. The number of carboxylic acid groups (broad SMARTS) is 1. The van der Waals surface area contributed by atoms with Gasteiger partial charge in [0, 0.05) is 11.1 Å². The number of carbonyl (C=O) groups is 1. The zero-order valence-electron chi connectivity index (χ0n) is 11.3. The van der Waals surface area contributed by atoms with Crippen LogP contribution in [0.2, 0.25) is 0 Å². The summed E-state index contributed by atoms with van der Waals surface area (Å²) < 4.78 is 0. The van der Waals surface area contributed by atoms with Gasteiger partial charge in [-0.1, -0.05) is 23.9 Å². The second kappa shape index (κ2) is 5.40. The maximum atomic E-state index is 10.7. The maximum Gasteiger partial charge on any atom is 0.313 e. The van der Waals surface area contributed by atoms with E-state index < -0.39 is 5.97 Å². The number of nitrogens with zero attached hydrogens (tertiary/aromatic N) is 2. The third-order valence-electron chi connectivity index (χ3n) is 3.69. The molecule has 4 nitrogen and oxygen atoms in total. The van der Waals surface area contributed by atoms with Crippen LogP contribution in [0, 0.1) is 6.92 Å². The van der Waals surface area contributed by atoms with Crippen molar-refractivity contribution in [3.63, 3.8) is 0 Å². The van der Waals surface area contributed by atoms with Gasteiger partial charge in [0.2, 0.25) is 0 Å². The van der Waals surface area contributed by atoms with Gasteiger partial charge in [0.25, 0.3) is 0 Å². The van der Waals surface area contributed by atoms with Crippen molar-refractivity contribution in [1.82, 2.24) is 9.97 Å². The van der Waals surface area contributed by atoms with Crippen molar-refractivity contribution < 1.29 is 9.90 Å². The van der Waals surface area contributed by atoms with Gasteiger partial charge < -0.3 is 5.11 Å². The lowest BCUT2D eigenvalue weighted by molar-refractivity contribution is -0.133. The van der Waals surface area contributed by atoms with Gasteiger partial charge in [-0.15, -0.1) is 0 Å². The Hall–Kier alpha value is -1.62. The molecule has 0 aliphatic heterocycles. The van der Waals surface area contributed by atoms with E-state index in [-0.39, 0.29) is 5.75 Å². The highest BCUT2D eigenvalue weighted by Gasteiger charge is 2.16. The topological polar surface area (TPSA) is 63.1 Å². The smallest absolute Gasteiger partial charge is 0.313 e. The third kappa shape index (κ3) is 2.50. The summed E-state index contributed by atoms with van der Waals surface area (Å²) in [5, 5.41) is 10.4. The Bertz CT molecular complexity index is 685. The number of benzene rings is 1. The van der Waals surface area contributed by atoms with Crippen molar-refractivity contribution in [3.05, 3.63) is 29.0 Å². The van der Waals surface area contributed by atoms with E-state index in [1.54, 1.807) is 0 Å². The largest absolute Gasteiger partial charge is 0.481 e. The van der Waals surface area contributed by atoms with Crippen LogP contribution in [0.15, 0.2) is 17.3 Å². The fraction of sp³-hybridized carbons (Fsp3) is 0.400. The number of aryl methyl sites for hydroxylation is 3. The molecule has 3 rings (SSSR count). The number of rotatable bonds is 3. The minimum atomic E-state index is -0.841. The number of thioether (sulfide) groups is 1. The number of aromatic nitrogens is 2. The molecule has 2 aromatic rings. The summed E-state index contributed by atoms with van der Waals surface area (Å²) in [5.41, 5.74) is 4.66. The zero-order valence-corrected chi connectivity index (χ0v) is 12.2. The molecule has 1 aliphatic carbocycles. The lowest BCUT2D eigenvalue weighted by atomic mass is 9.89. The maximum absolute atomic E-state index is 10.7. The van der Waals surface area contributed by atoms with Gasteiger partial charge in [-0.3, -0.25) is 4.79 Å². The molecule has 0 unspecified atom stereocenters. The highest BCUT2D eigenvalue weighted by atomic mass is 32.2. The molecule has 104 valence electrons. The molecule has 0 amide bonds. The van der Waals surface area contributed by atoms with E-state index in [1.807, 2.05) is 6.92 Å². The predicted molar refractivity (Wildman–Crippen MR) is 79.3 cm³/mol. The van der Waals surface area contributed by atoms with Gasteiger partial charge >= 0.3 is 5.97 Å². The van der Waals surface area contributed by atoms with E-state index in [4.69, 9.17) is 5.11 Å². The van der Waals surface area contributed by atoms with E-state index in [0.717, 1.165) is 29.4 Å². The summed E-state index contributed by atoms with van der Waals surface area (Å²) in [7, 11) is 0. The Labute approximate surface area is 121 Å². The van der Waals surface area contributed by atoms with Crippen molar-refractivity contribution in [2.24, 2.45) is 0 Å². The molecule has 1 heterocycles. The second-order valence-electron chi connectivity index (χ2n) is 5.08. The Morgan fingerprint density at radius 1 is 1.30 bits per heavy atom. The van der Waals surface area contributed by atoms with Crippen molar-refractivity contribution in [3.8, 4) is 0 Å². The Morgan fingerprint density at radius 3 is 2.90 bits per heavy atom. The molecule has 5 heteroatoms. The quantitative estimate of drug-likeness (QED) is 0.695. The highest BCUT2D eigenvalue weighted by molar-refractivity contribution is 7.99. The van der Waals surface area contributed by atoms with E-state index in [0.29, 0.717) is 5.16 Å². The van der Waals surface area contributed by atoms with Crippen LogP contribution in [0.25, 0.3) is 10.9 Å². The van der Waals surface area contributed by atoms with Crippen LogP contribution < -0.4 is 0 Å². The first-order valence-electron chi connectivity index (χ1n) is 6.79.